The zero-order valence-electron chi connectivity index (χ0n) is 6.07. The lowest BCUT2D eigenvalue weighted by atomic mass is 10.2. The molecule has 1 rings (SSSR count). The average molecular weight is 188 g/mol. The number of rotatable bonds is 2. The van der Waals surface area contributed by atoms with Crippen molar-refractivity contribution in [1.82, 2.24) is 0 Å². The van der Waals surface area contributed by atoms with E-state index in [2.05, 4.69) is 0 Å². The second-order valence-corrected chi connectivity index (χ2v) is 3.94. The molecule has 0 saturated heterocycles. The van der Waals surface area contributed by atoms with E-state index < -0.39 is 19.6 Å². The molecule has 0 saturated carbocycles. The summed E-state index contributed by atoms with van der Waals surface area (Å²) in [5.41, 5.74) is 0.184. The Morgan fingerprint density at radius 2 is 2.08 bits per heavy atom. The minimum atomic E-state index is -4.57. The molecule has 0 atom stereocenters. The highest BCUT2D eigenvalue weighted by molar-refractivity contribution is 7.47. The summed E-state index contributed by atoms with van der Waals surface area (Å²) in [5, 5.41) is 0. The maximum Gasteiger partial charge on any atom is 0.123 e. The first kappa shape index (κ1) is 9.39. The van der Waals surface area contributed by atoms with Crippen LogP contribution < -0.4 is 9.79 Å². The Morgan fingerprint density at radius 1 is 1.42 bits per heavy atom. The van der Waals surface area contributed by atoms with E-state index in [-0.39, 0.29) is 5.56 Å². The van der Waals surface area contributed by atoms with E-state index in [1.54, 1.807) is 0 Å². The van der Waals surface area contributed by atoms with Gasteiger partial charge in [-0.2, -0.15) is 0 Å². The Balaban J connectivity index is 2.84. The van der Waals surface area contributed by atoms with Gasteiger partial charge < -0.3 is 14.4 Å². The minimum absolute atomic E-state index is 0.184. The van der Waals surface area contributed by atoms with Crippen LogP contribution in [0, 0.1) is 5.82 Å². The summed E-state index contributed by atoms with van der Waals surface area (Å²) in [4.78, 5) is 20.5. The van der Waals surface area contributed by atoms with Crippen LogP contribution in [0.25, 0.3) is 0 Å². The van der Waals surface area contributed by atoms with Crippen molar-refractivity contribution in [2.45, 2.75) is 6.16 Å². The van der Waals surface area contributed by atoms with Crippen molar-refractivity contribution in [3.63, 3.8) is 0 Å². The van der Waals surface area contributed by atoms with Crippen LogP contribution in [0.4, 0.5) is 4.39 Å². The Hall–Kier alpha value is -0.700. The fourth-order valence-electron chi connectivity index (χ4n) is 0.859. The summed E-state index contributed by atoms with van der Waals surface area (Å²) in [6.45, 7) is 0. The lowest BCUT2D eigenvalue weighted by Gasteiger charge is -2.29. The molecule has 0 aliphatic rings. The van der Waals surface area contributed by atoms with E-state index in [1.165, 1.54) is 18.2 Å². The van der Waals surface area contributed by atoms with Gasteiger partial charge >= 0.3 is 0 Å². The second kappa shape index (κ2) is 3.35. The molecule has 0 radical (unpaired) electrons. The molecule has 5 heteroatoms. The van der Waals surface area contributed by atoms with Crippen molar-refractivity contribution in [3.05, 3.63) is 35.6 Å². The van der Waals surface area contributed by atoms with Crippen LogP contribution in [-0.2, 0) is 10.7 Å². The topological polar surface area (TPSA) is 63.2 Å². The Bertz CT molecular complexity index is 320. The van der Waals surface area contributed by atoms with Gasteiger partial charge in [0.1, 0.15) is 5.82 Å². The Kier molecular flexibility index (Phi) is 2.62. The van der Waals surface area contributed by atoms with Crippen LogP contribution in [0.3, 0.4) is 0 Å². The molecule has 1 aromatic rings. The summed E-state index contributed by atoms with van der Waals surface area (Å²) in [5.74, 6) is -0.541. The first-order valence-corrected chi connectivity index (χ1v) is 4.96. The first-order chi connectivity index (χ1) is 5.47. The van der Waals surface area contributed by atoms with E-state index in [4.69, 9.17) is 0 Å². The van der Waals surface area contributed by atoms with Gasteiger partial charge in [0.25, 0.3) is 0 Å². The number of halogens is 1. The third kappa shape index (κ3) is 3.13. The maximum absolute atomic E-state index is 12.4. The zero-order valence-corrected chi connectivity index (χ0v) is 6.96. The standard InChI is InChI=1S/C7H8FO3P/c8-7-3-1-2-6(4-7)5-12(9,10)11/h1-4H,5H2,(H2,9,10,11)/p-2. The van der Waals surface area contributed by atoms with E-state index in [0.29, 0.717) is 0 Å². The molecule has 1 aromatic carbocycles. The van der Waals surface area contributed by atoms with Crippen molar-refractivity contribution in [2.75, 3.05) is 0 Å². The average Bonchev–Trinajstić information content (AvgIpc) is 1.82. The second-order valence-electron chi connectivity index (χ2n) is 2.40. The SMILES string of the molecule is O=P([O-])([O-])Cc1cccc(F)c1. The largest absolute Gasteiger partial charge is 0.810 e. The van der Waals surface area contributed by atoms with Crippen LogP contribution in [0.15, 0.2) is 24.3 Å². The van der Waals surface area contributed by atoms with Gasteiger partial charge in [-0.3, -0.25) is 0 Å². The van der Waals surface area contributed by atoms with Crippen molar-refractivity contribution in [2.24, 2.45) is 0 Å². The summed E-state index contributed by atoms with van der Waals surface area (Å²) < 4.78 is 22.7. The zero-order chi connectivity index (χ0) is 9.19. The lowest BCUT2D eigenvalue weighted by Crippen LogP contribution is -2.15. The molecule has 0 spiro atoms. The lowest BCUT2D eigenvalue weighted by molar-refractivity contribution is -0.314. The molecular weight excluding hydrogens is 182 g/mol. The molecule has 3 nitrogen and oxygen atoms in total. The van der Waals surface area contributed by atoms with Gasteiger partial charge in [0.05, 0.1) is 0 Å². The molecule has 66 valence electrons. The molecule has 0 amide bonds. The molecule has 0 aliphatic carbocycles. The molecule has 0 fully saturated rings. The van der Waals surface area contributed by atoms with E-state index >= 15 is 0 Å². The monoisotopic (exact) mass is 188 g/mol. The van der Waals surface area contributed by atoms with Crippen molar-refractivity contribution in [3.8, 4) is 0 Å². The highest BCUT2D eigenvalue weighted by Crippen LogP contribution is 2.29. The summed E-state index contributed by atoms with van der Waals surface area (Å²) in [6.07, 6.45) is -0.634. The van der Waals surface area contributed by atoms with Gasteiger partial charge in [-0.05, 0) is 17.7 Å². The Labute approximate surface area is 69.0 Å². The van der Waals surface area contributed by atoms with Gasteiger partial charge in [0.2, 0.25) is 0 Å². The quantitative estimate of drug-likeness (QED) is 0.624. The predicted molar refractivity (Wildman–Crippen MR) is 37.7 cm³/mol. The summed E-state index contributed by atoms with van der Waals surface area (Å²) >= 11 is 0. The Morgan fingerprint density at radius 3 is 2.58 bits per heavy atom. The molecule has 0 aromatic heterocycles. The molecule has 0 bridgehead atoms. The highest BCUT2D eigenvalue weighted by Gasteiger charge is 1.97. The predicted octanol–water partition coefficient (Wildman–Crippen LogP) is 0.239. The fourth-order valence-corrected chi connectivity index (χ4v) is 1.50. The van der Waals surface area contributed by atoms with Crippen LogP contribution in [-0.4, -0.2) is 0 Å². The molecule has 0 unspecified atom stereocenters. The third-order valence-electron chi connectivity index (χ3n) is 1.27. The third-order valence-corrected chi connectivity index (χ3v) is 2.02. The molecular formula is C7H6FO3P-2. The van der Waals surface area contributed by atoms with E-state index in [1.807, 2.05) is 0 Å². The number of hydrogen-bond acceptors (Lipinski definition) is 3. The number of benzene rings is 1. The highest BCUT2D eigenvalue weighted by atomic mass is 31.2. The molecule has 12 heavy (non-hydrogen) atoms. The molecule has 0 N–H and O–H groups in total. The van der Waals surface area contributed by atoms with Crippen LogP contribution in [0.1, 0.15) is 5.56 Å². The van der Waals surface area contributed by atoms with Crippen molar-refractivity contribution >= 4 is 7.60 Å². The molecule has 0 aliphatic heterocycles. The summed E-state index contributed by atoms with van der Waals surface area (Å²) in [7, 11) is -4.57. The van der Waals surface area contributed by atoms with Gasteiger partial charge in [-0.25, -0.2) is 4.39 Å². The van der Waals surface area contributed by atoms with Crippen molar-refractivity contribution in [1.29, 1.82) is 0 Å². The number of hydrogen-bond donors (Lipinski definition) is 0. The fraction of sp³-hybridized carbons (Fsp3) is 0.143. The van der Waals surface area contributed by atoms with Gasteiger partial charge in [-0.15, -0.1) is 0 Å². The first-order valence-electron chi connectivity index (χ1n) is 3.23. The van der Waals surface area contributed by atoms with Crippen LogP contribution >= 0.6 is 7.60 Å². The van der Waals surface area contributed by atoms with Gasteiger partial charge in [0.15, 0.2) is 0 Å². The van der Waals surface area contributed by atoms with Gasteiger partial charge in [-0.1, -0.05) is 19.7 Å². The van der Waals surface area contributed by atoms with E-state index in [0.717, 1.165) is 6.07 Å². The van der Waals surface area contributed by atoms with Crippen LogP contribution in [0.5, 0.6) is 0 Å². The maximum atomic E-state index is 12.4. The summed E-state index contributed by atoms with van der Waals surface area (Å²) in [6, 6.07) is 4.97. The van der Waals surface area contributed by atoms with Crippen LogP contribution in [0.2, 0.25) is 0 Å². The normalized spacial score (nSPS) is 11.6. The van der Waals surface area contributed by atoms with Crippen molar-refractivity contribution < 1.29 is 18.7 Å². The smallest absolute Gasteiger partial charge is 0.123 e. The molecule has 0 heterocycles. The van der Waals surface area contributed by atoms with Gasteiger partial charge in [0, 0.05) is 6.16 Å². The minimum Gasteiger partial charge on any atom is -0.810 e. The van der Waals surface area contributed by atoms with E-state index in [9.17, 15) is 18.7 Å².